The van der Waals surface area contributed by atoms with Crippen molar-refractivity contribution in [1.29, 1.82) is 5.26 Å². The molecular formula is C6H4ClN3. The van der Waals surface area contributed by atoms with E-state index < -0.39 is 0 Å². The molecule has 0 amide bonds. The van der Waals surface area contributed by atoms with E-state index in [9.17, 15) is 0 Å². The molecule has 0 saturated heterocycles. The number of nitrogens with zero attached hydrogens (tertiary/aromatic N) is 3. The van der Waals surface area contributed by atoms with Crippen molar-refractivity contribution in [3.05, 3.63) is 23.0 Å². The molecule has 0 unspecified atom stereocenters. The lowest BCUT2D eigenvalue weighted by Crippen LogP contribution is -1.86. The van der Waals surface area contributed by atoms with Gasteiger partial charge in [0.1, 0.15) is 0 Å². The summed E-state index contributed by atoms with van der Waals surface area (Å²) in [6.07, 6.45) is 1.85. The first kappa shape index (κ1) is 6.97. The molecule has 0 bridgehead atoms. The zero-order valence-electron chi connectivity index (χ0n) is 5.08. The summed E-state index contributed by atoms with van der Waals surface area (Å²) in [6, 6.07) is 3.61. The fraction of sp³-hybridized carbons (Fsp3) is 0.167. The largest absolute Gasteiger partial charge is 0.198 e. The Labute approximate surface area is 63.3 Å². The Bertz CT molecular complexity index is 266. The number of rotatable bonds is 1. The first-order valence-corrected chi connectivity index (χ1v) is 3.05. The SMILES string of the molecule is N#CCc1cnnc(Cl)c1. The zero-order chi connectivity index (χ0) is 7.40. The van der Waals surface area contributed by atoms with Gasteiger partial charge >= 0.3 is 0 Å². The van der Waals surface area contributed by atoms with Crippen LogP contribution in [0.15, 0.2) is 12.3 Å². The van der Waals surface area contributed by atoms with Crippen LogP contribution in [0.1, 0.15) is 5.56 Å². The van der Waals surface area contributed by atoms with Gasteiger partial charge in [-0.3, -0.25) is 0 Å². The summed E-state index contributed by atoms with van der Waals surface area (Å²) in [5, 5.41) is 15.7. The van der Waals surface area contributed by atoms with E-state index in [1.807, 2.05) is 6.07 Å². The smallest absolute Gasteiger partial charge is 0.152 e. The quantitative estimate of drug-likeness (QED) is 0.609. The van der Waals surface area contributed by atoms with Gasteiger partial charge in [-0.1, -0.05) is 11.6 Å². The van der Waals surface area contributed by atoms with Crippen LogP contribution in [0.3, 0.4) is 0 Å². The molecule has 1 aromatic rings. The van der Waals surface area contributed by atoms with Crippen molar-refractivity contribution in [2.45, 2.75) is 6.42 Å². The number of halogens is 1. The van der Waals surface area contributed by atoms with E-state index in [0.29, 0.717) is 11.6 Å². The van der Waals surface area contributed by atoms with E-state index in [2.05, 4.69) is 10.2 Å². The van der Waals surface area contributed by atoms with Crippen molar-refractivity contribution in [2.75, 3.05) is 0 Å². The molecule has 1 rings (SSSR count). The predicted octanol–water partition coefficient (Wildman–Crippen LogP) is 1.20. The van der Waals surface area contributed by atoms with E-state index in [1.165, 1.54) is 6.20 Å². The summed E-state index contributed by atoms with van der Waals surface area (Å²) in [6.45, 7) is 0. The molecule has 3 nitrogen and oxygen atoms in total. The fourth-order valence-corrected chi connectivity index (χ4v) is 0.749. The van der Waals surface area contributed by atoms with Crippen LogP contribution in [-0.2, 0) is 6.42 Å². The van der Waals surface area contributed by atoms with Crippen LogP contribution in [0.2, 0.25) is 5.15 Å². The van der Waals surface area contributed by atoms with Crippen LogP contribution in [0.5, 0.6) is 0 Å². The molecule has 0 aliphatic heterocycles. The molecule has 4 heteroatoms. The highest BCUT2D eigenvalue weighted by molar-refractivity contribution is 6.29. The second kappa shape index (κ2) is 3.14. The maximum Gasteiger partial charge on any atom is 0.152 e. The molecule has 0 spiro atoms. The second-order valence-electron chi connectivity index (χ2n) is 1.72. The molecule has 0 radical (unpaired) electrons. The highest BCUT2D eigenvalue weighted by atomic mass is 35.5. The summed E-state index contributed by atoms with van der Waals surface area (Å²) in [5.41, 5.74) is 0.794. The molecule has 0 aromatic carbocycles. The van der Waals surface area contributed by atoms with Gasteiger partial charge in [0.2, 0.25) is 0 Å². The highest BCUT2D eigenvalue weighted by Gasteiger charge is 1.93. The van der Waals surface area contributed by atoms with Crippen LogP contribution in [0.4, 0.5) is 0 Å². The lowest BCUT2D eigenvalue weighted by molar-refractivity contribution is 1.00. The molecule has 1 heterocycles. The zero-order valence-corrected chi connectivity index (χ0v) is 5.84. The molecule has 1 aromatic heterocycles. The predicted molar refractivity (Wildman–Crippen MR) is 36.4 cm³/mol. The maximum absolute atomic E-state index is 8.27. The fourth-order valence-electron chi connectivity index (χ4n) is 0.565. The van der Waals surface area contributed by atoms with Gasteiger partial charge in [-0.2, -0.15) is 10.4 Å². The van der Waals surface area contributed by atoms with Crippen molar-refractivity contribution in [3.63, 3.8) is 0 Å². The van der Waals surface area contributed by atoms with E-state index in [0.717, 1.165) is 5.56 Å². The molecule has 50 valence electrons. The first-order chi connectivity index (χ1) is 4.83. The van der Waals surface area contributed by atoms with Gasteiger partial charge < -0.3 is 0 Å². The topological polar surface area (TPSA) is 49.6 Å². The molecule has 0 aliphatic carbocycles. The van der Waals surface area contributed by atoms with Crippen LogP contribution in [-0.4, -0.2) is 10.2 Å². The average Bonchev–Trinajstić information content (AvgIpc) is 1.88. The van der Waals surface area contributed by atoms with Gasteiger partial charge in [-0.25, -0.2) is 0 Å². The van der Waals surface area contributed by atoms with Gasteiger partial charge in [-0.05, 0) is 11.6 Å². The normalized spacial score (nSPS) is 8.80. The molecule has 0 N–H and O–H groups in total. The van der Waals surface area contributed by atoms with Crippen LogP contribution in [0.25, 0.3) is 0 Å². The first-order valence-electron chi connectivity index (χ1n) is 2.67. The van der Waals surface area contributed by atoms with E-state index in [4.69, 9.17) is 16.9 Å². The number of aromatic nitrogens is 2. The molecule has 0 fully saturated rings. The molecule has 0 saturated carbocycles. The summed E-state index contributed by atoms with van der Waals surface area (Å²) in [5.74, 6) is 0. The van der Waals surface area contributed by atoms with Crippen molar-refractivity contribution < 1.29 is 0 Å². The standard InChI is InChI=1S/C6H4ClN3/c7-6-3-5(1-2-8)4-9-10-6/h3-4H,1H2. The van der Waals surface area contributed by atoms with Gasteiger partial charge in [0.15, 0.2) is 5.15 Å². The average molecular weight is 154 g/mol. The highest BCUT2D eigenvalue weighted by Crippen LogP contribution is 2.04. The summed E-state index contributed by atoms with van der Waals surface area (Å²) in [7, 11) is 0. The number of hydrogen-bond acceptors (Lipinski definition) is 3. The van der Waals surface area contributed by atoms with Gasteiger partial charge in [0.05, 0.1) is 18.7 Å². The summed E-state index contributed by atoms with van der Waals surface area (Å²) in [4.78, 5) is 0. The van der Waals surface area contributed by atoms with Crippen molar-refractivity contribution in [3.8, 4) is 6.07 Å². The third kappa shape index (κ3) is 1.67. The number of nitriles is 1. The Hall–Kier alpha value is -1.14. The van der Waals surface area contributed by atoms with Crippen LogP contribution >= 0.6 is 11.6 Å². The Morgan fingerprint density at radius 1 is 1.70 bits per heavy atom. The van der Waals surface area contributed by atoms with Crippen LogP contribution < -0.4 is 0 Å². The molecule has 10 heavy (non-hydrogen) atoms. The minimum absolute atomic E-state index is 0.327. The van der Waals surface area contributed by atoms with Gasteiger partial charge in [0, 0.05) is 0 Å². The van der Waals surface area contributed by atoms with Gasteiger partial charge in [-0.15, -0.1) is 5.10 Å². The van der Waals surface area contributed by atoms with E-state index in [-0.39, 0.29) is 0 Å². The minimum atomic E-state index is 0.327. The Balaban J connectivity index is 2.87. The Morgan fingerprint density at radius 2 is 2.50 bits per heavy atom. The molecular weight excluding hydrogens is 150 g/mol. The molecule has 0 atom stereocenters. The third-order valence-electron chi connectivity index (χ3n) is 0.965. The van der Waals surface area contributed by atoms with E-state index >= 15 is 0 Å². The van der Waals surface area contributed by atoms with Crippen LogP contribution in [0, 0.1) is 11.3 Å². The molecule has 0 aliphatic rings. The monoisotopic (exact) mass is 153 g/mol. The lowest BCUT2D eigenvalue weighted by Gasteiger charge is -1.90. The summed E-state index contributed by atoms with van der Waals surface area (Å²) < 4.78 is 0. The van der Waals surface area contributed by atoms with Crippen molar-refractivity contribution in [2.24, 2.45) is 0 Å². The minimum Gasteiger partial charge on any atom is -0.198 e. The number of hydrogen-bond donors (Lipinski definition) is 0. The van der Waals surface area contributed by atoms with Crippen molar-refractivity contribution >= 4 is 11.6 Å². The van der Waals surface area contributed by atoms with Crippen molar-refractivity contribution in [1.82, 2.24) is 10.2 Å². The third-order valence-corrected chi connectivity index (χ3v) is 1.15. The Morgan fingerprint density at radius 3 is 3.10 bits per heavy atom. The van der Waals surface area contributed by atoms with Gasteiger partial charge in [0.25, 0.3) is 0 Å². The second-order valence-corrected chi connectivity index (χ2v) is 2.11. The van der Waals surface area contributed by atoms with E-state index in [1.54, 1.807) is 6.07 Å². The summed E-state index contributed by atoms with van der Waals surface area (Å²) >= 11 is 5.50. The maximum atomic E-state index is 8.27. The Kier molecular flexibility index (Phi) is 2.19. The lowest BCUT2D eigenvalue weighted by atomic mass is 10.2.